The van der Waals surface area contributed by atoms with E-state index in [9.17, 15) is 0 Å². The average Bonchev–Trinajstić information content (AvgIpc) is 2.20. The van der Waals surface area contributed by atoms with E-state index in [0.717, 1.165) is 17.9 Å². The van der Waals surface area contributed by atoms with Gasteiger partial charge in [-0.3, -0.25) is 4.98 Å². The molecule has 4 nitrogen and oxygen atoms in total. The maximum Gasteiger partial charge on any atom is 0.147 e. The van der Waals surface area contributed by atoms with Gasteiger partial charge >= 0.3 is 0 Å². The molecule has 1 atom stereocenters. The molecule has 0 fully saturated rings. The van der Waals surface area contributed by atoms with Crippen molar-refractivity contribution in [2.24, 2.45) is 0 Å². The quantitative estimate of drug-likeness (QED) is 0.775. The van der Waals surface area contributed by atoms with E-state index in [1.54, 1.807) is 19.5 Å². The Bertz CT molecular complexity index is 278. The molecule has 1 rings (SSSR count). The van der Waals surface area contributed by atoms with Gasteiger partial charge in [0.25, 0.3) is 0 Å². The Balaban J connectivity index is 2.62. The monoisotopic (exact) mass is 195 g/mol. The van der Waals surface area contributed by atoms with Crippen LogP contribution in [0.15, 0.2) is 12.4 Å². The van der Waals surface area contributed by atoms with Crippen LogP contribution in [0.25, 0.3) is 0 Å². The number of hydrogen-bond acceptors (Lipinski definition) is 4. The van der Waals surface area contributed by atoms with Crippen LogP contribution in [0.1, 0.15) is 19.0 Å². The summed E-state index contributed by atoms with van der Waals surface area (Å²) in [6, 6.07) is 0.301. The number of aromatic nitrogens is 2. The van der Waals surface area contributed by atoms with Crippen molar-refractivity contribution in [1.29, 1.82) is 0 Å². The van der Waals surface area contributed by atoms with Crippen LogP contribution in [0.5, 0.6) is 0 Å². The predicted octanol–water partition coefficient (Wildman–Crippen LogP) is 1.62. The van der Waals surface area contributed by atoms with E-state index >= 15 is 0 Å². The van der Waals surface area contributed by atoms with Gasteiger partial charge in [0, 0.05) is 19.5 Å². The van der Waals surface area contributed by atoms with E-state index in [2.05, 4.69) is 22.2 Å². The highest BCUT2D eigenvalue weighted by molar-refractivity contribution is 5.39. The standard InChI is InChI=1S/C10H17N3O/c1-4-9(7-14-3)13-10-8(2)11-5-6-12-10/h5-6,9H,4,7H2,1-3H3,(H,12,13). The zero-order valence-corrected chi connectivity index (χ0v) is 8.95. The lowest BCUT2D eigenvalue weighted by atomic mass is 10.2. The number of methoxy groups -OCH3 is 1. The van der Waals surface area contributed by atoms with Gasteiger partial charge in [0.05, 0.1) is 18.3 Å². The Morgan fingerprint density at radius 3 is 2.71 bits per heavy atom. The number of nitrogens with zero attached hydrogens (tertiary/aromatic N) is 2. The normalized spacial score (nSPS) is 12.5. The number of aryl methyl sites for hydroxylation is 1. The highest BCUT2D eigenvalue weighted by Crippen LogP contribution is 2.09. The Kier molecular flexibility index (Phi) is 4.32. The first kappa shape index (κ1) is 10.9. The molecule has 0 saturated carbocycles. The molecule has 1 aromatic rings. The first-order chi connectivity index (χ1) is 6.77. The summed E-state index contributed by atoms with van der Waals surface area (Å²) in [6.07, 6.45) is 4.39. The molecule has 0 aliphatic carbocycles. The van der Waals surface area contributed by atoms with Gasteiger partial charge in [-0.15, -0.1) is 0 Å². The van der Waals surface area contributed by atoms with Crippen LogP contribution in [0, 0.1) is 6.92 Å². The maximum absolute atomic E-state index is 5.10. The molecule has 0 bridgehead atoms. The summed E-state index contributed by atoms with van der Waals surface area (Å²) in [5.74, 6) is 0.844. The Hall–Kier alpha value is -1.16. The summed E-state index contributed by atoms with van der Waals surface area (Å²) in [7, 11) is 1.70. The van der Waals surface area contributed by atoms with E-state index in [1.807, 2.05) is 6.92 Å². The fraction of sp³-hybridized carbons (Fsp3) is 0.600. The van der Waals surface area contributed by atoms with Crippen LogP contribution in [0.2, 0.25) is 0 Å². The molecule has 0 amide bonds. The van der Waals surface area contributed by atoms with Crippen molar-refractivity contribution in [3.05, 3.63) is 18.1 Å². The van der Waals surface area contributed by atoms with Gasteiger partial charge in [0.1, 0.15) is 5.82 Å². The second-order valence-electron chi connectivity index (χ2n) is 3.20. The highest BCUT2D eigenvalue weighted by Gasteiger charge is 2.07. The molecule has 1 unspecified atom stereocenters. The first-order valence-corrected chi connectivity index (χ1v) is 4.81. The number of rotatable bonds is 5. The van der Waals surface area contributed by atoms with E-state index in [4.69, 9.17) is 4.74 Å². The Labute approximate surface area is 84.7 Å². The molecule has 0 aromatic carbocycles. The molecule has 0 aliphatic rings. The van der Waals surface area contributed by atoms with E-state index in [1.165, 1.54) is 0 Å². The van der Waals surface area contributed by atoms with Crippen molar-refractivity contribution in [3.8, 4) is 0 Å². The van der Waals surface area contributed by atoms with Crippen LogP contribution in [-0.2, 0) is 4.74 Å². The van der Waals surface area contributed by atoms with Crippen LogP contribution >= 0.6 is 0 Å². The predicted molar refractivity (Wildman–Crippen MR) is 56.3 cm³/mol. The topological polar surface area (TPSA) is 47.0 Å². The van der Waals surface area contributed by atoms with Crippen molar-refractivity contribution in [1.82, 2.24) is 9.97 Å². The molecule has 1 heterocycles. The second-order valence-corrected chi connectivity index (χ2v) is 3.20. The average molecular weight is 195 g/mol. The summed E-state index contributed by atoms with van der Waals surface area (Å²) < 4.78 is 5.10. The fourth-order valence-electron chi connectivity index (χ4n) is 1.21. The van der Waals surface area contributed by atoms with E-state index in [-0.39, 0.29) is 0 Å². The number of nitrogens with one attached hydrogen (secondary N) is 1. The molecule has 4 heteroatoms. The lowest BCUT2D eigenvalue weighted by molar-refractivity contribution is 0.184. The minimum Gasteiger partial charge on any atom is -0.383 e. The molecule has 1 aromatic heterocycles. The van der Waals surface area contributed by atoms with Gasteiger partial charge in [-0.1, -0.05) is 6.92 Å². The van der Waals surface area contributed by atoms with Gasteiger partial charge in [0.15, 0.2) is 0 Å². The molecule has 0 radical (unpaired) electrons. The summed E-state index contributed by atoms with van der Waals surface area (Å²) in [5, 5.41) is 3.30. The Morgan fingerprint density at radius 2 is 2.14 bits per heavy atom. The van der Waals surface area contributed by atoms with Crippen LogP contribution in [0.4, 0.5) is 5.82 Å². The van der Waals surface area contributed by atoms with Gasteiger partial charge < -0.3 is 10.1 Å². The fourth-order valence-corrected chi connectivity index (χ4v) is 1.21. The zero-order valence-electron chi connectivity index (χ0n) is 8.95. The smallest absolute Gasteiger partial charge is 0.147 e. The molecule has 1 N–H and O–H groups in total. The minimum absolute atomic E-state index is 0.301. The van der Waals surface area contributed by atoms with Crippen molar-refractivity contribution in [2.45, 2.75) is 26.3 Å². The van der Waals surface area contributed by atoms with Crippen LogP contribution in [0.3, 0.4) is 0 Å². The van der Waals surface area contributed by atoms with Gasteiger partial charge in [0.2, 0.25) is 0 Å². The lowest BCUT2D eigenvalue weighted by Gasteiger charge is -2.17. The maximum atomic E-state index is 5.10. The molecule has 0 spiro atoms. The highest BCUT2D eigenvalue weighted by atomic mass is 16.5. The summed E-state index contributed by atoms with van der Waals surface area (Å²) in [5.41, 5.74) is 0.919. The van der Waals surface area contributed by atoms with Crippen LogP contribution in [-0.4, -0.2) is 29.7 Å². The van der Waals surface area contributed by atoms with Gasteiger partial charge in [-0.05, 0) is 13.3 Å². The third kappa shape index (κ3) is 2.96. The summed E-state index contributed by atoms with van der Waals surface area (Å²) in [6.45, 7) is 4.74. The summed E-state index contributed by atoms with van der Waals surface area (Å²) in [4.78, 5) is 8.38. The third-order valence-corrected chi connectivity index (χ3v) is 2.08. The molecule has 0 aliphatic heterocycles. The zero-order chi connectivity index (χ0) is 10.4. The Morgan fingerprint density at radius 1 is 1.43 bits per heavy atom. The van der Waals surface area contributed by atoms with Gasteiger partial charge in [-0.2, -0.15) is 0 Å². The van der Waals surface area contributed by atoms with E-state index in [0.29, 0.717) is 12.6 Å². The largest absolute Gasteiger partial charge is 0.383 e. The minimum atomic E-state index is 0.301. The molecule has 0 saturated heterocycles. The van der Waals surface area contributed by atoms with E-state index < -0.39 is 0 Å². The number of ether oxygens (including phenoxy) is 1. The summed E-state index contributed by atoms with van der Waals surface area (Å²) >= 11 is 0. The van der Waals surface area contributed by atoms with Crippen molar-refractivity contribution < 1.29 is 4.74 Å². The molecular weight excluding hydrogens is 178 g/mol. The first-order valence-electron chi connectivity index (χ1n) is 4.81. The SMILES string of the molecule is CCC(COC)Nc1nccnc1C. The number of hydrogen-bond donors (Lipinski definition) is 1. The third-order valence-electron chi connectivity index (χ3n) is 2.08. The molecule has 78 valence electrons. The van der Waals surface area contributed by atoms with Gasteiger partial charge in [-0.25, -0.2) is 4.98 Å². The van der Waals surface area contributed by atoms with Crippen molar-refractivity contribution in [3.63, 3.8) is 0 Å². The van der Waals surface area contributed by atoms with Crippen LogP contribution < -0.4 is 5.32 Å². The lowest BCUT2D eigenvalue weighted by Crippen LogP contribution is -2.25. The van der Waals surface area contributed by atoms with Crippen molar-refractivity contribution >= 4 is 5.82 Å². The van der Waals surface area contributed by atoms with Crippen molar-refractivity contribution in [2.75, 3.05) is 19.0 Å². The molecule has 14 heavy (non-hydrogen) atoms. The number of anilines is 1. The molecular formula is C10H17N3O. The second kappa shape index (κ2) is 5.54.